The first-order chi connectivity index (χ1) is 14.9. The van der Waals surface area contributed by atoms with Gasteiger partial charge in [-0.25, -0.2) is 9.78 Å². The van der Waals surface area contributed by atoms with Crippen molar-refractivity contribution in [3.8, 4) is 0 Å². The van der Waals surface area contributed by atoms with Crippen LogP contribution in [0.25, 0.3) is 10.2 Å². The molecule has 7 heteroatoms. The van der Waals surface area contributed by atoms with Crippen molar-refractivity contribution in [2.45, 2.75) is 60.2 Å². The van der Waals surface area contributed by atoms with Gasteiger partial charge in [0.15, 0.2) is 0 Å². The highest BCUT2D eigenvalue weighted by Gasteiger charge is 2.27. The molecule has 0 N–H and O–H groups in total. The Morgan fingerprint density at radius 2 is 1.84 bits per heavy atom. The zero-order valence-electron chi connectivity index (χ0n) is 19.0. The Morgan fingerprint density at radius 1 is 1.16 bits per heavy atom. The van der Waals surface area contributed by atoms with Crippen molar-refractivity contribution in [3.05, 3.63) is 62.5 Å². The van der Waals surface area contributed by atoms with Crippen LogP contribution in [0.1, 0.15) is 55.1 Å². The molecule has 0 fully saturated rings. The zero-order valence-corrected chi connectivity index (χ0v) is 19.8. The summed E-state index contributed by atoms with van der Waals surface area (Å²) in [6.45, 7) is 12.4. The van der Waals surface area contributed by atoms with E-state index in [4.69, 9.17) is 9.72 Å². The van der Waals surface area contributed by atoms with Crippen molar-refractivity contribution in [2.24, 2.45) is 0 Å². The quantitative estimate of drug-likeness (QED) is 0.454. The fourth-order valence-electron chi connectivity index (χ4n) is 3.71. The van der Waals surface area contributed by atoms with Crippen LogP contribution in [-0.2, 0) is 22.7 Å². The van der Waals surface area contributed by atoms with Crippen molar-refractivity contribution < 1.29 is 9.53 Å². The Balaban J connectivity index is 2.05. The van der Waals surface area contributed by atoms with E-state index in [1.807, 2.05) is 51.1 Å². The summed E-state index contributed by atoms with van der Waals surface area (Å²) in [5, 5.41) is 0.611. The minimum Gasteiger partial charge on any atom is -0.459 e. The Labute approximate surface area is 187 Å². The fourth-order valence-corrected chi connectivity index (χ4v) is 4.75. The number of nitrogens with zero attached hydrogens (tertiary/aromatic N) is 3. The van der Waals surface area contributed by atoms with Crippen molar-refractivity contribution in [2.75, 3.05) is 13.1 Å². The van der Waals surface area contributed by atoms with Crippen molar-refractivity contribution in [1.29, 1.82) is 0 Å². The molecular formula is C24H31N3O3S. The van der Waals surface area contributed by atoms with Gasteiger partial charge >= 0.3 is 5.97 Å². The van der Waals surface area contributed by atoms with Gasteiger partial charge in [-0.2, -0.15) is 0 Å². The predicted molar refractivity (Wildman–Crippen MR) is 126 cm³/mol. The van der Waals surface area contributed by atoms with E-state index in [9.17, 15) is 9.59 Å². The summed E-state index contributed by atoms with van der Waals surface area (Å²) in [5.41, 5.74) is 1.70. The topological polar surface area (TPSA) is 64.4 Å². The number of carbonyl (C=O) groups is 1. The number of carbonyl (C=O) groups excluding carboxylic acids is 1. The highest BCUT2D eigenvalue weighted by atomic mass is 32.1. The van der Waals surface area contributed by atoms with Gasteiger partial charge in [0, 0.05) is 4.88 Å². The fraction of sp³-hybridized carbons (Fsp3) is 0.458. The molecule has 0 saturated carbocycles. The number of benzene rings is 1. The van der Waals surface area contributed by atoms with Crippen LogP contribution in [0.4, 0.5) is 0 Å². The highest BCUT2D eigenvalue weighted by Crippen LogP contribution is 2.28. The minimum absolute atomic E-state index is 0.155. The van der Waals surface area contributed by atoms with Crippen molar-refractivity contribution in [3.63, 3.8) is 0 Å². The van der Waals surface area contributed by atoms with Crippen LogP contribution in [-0.4, -0.2) is 33.5 Å². The van der Waals surface area contributed by atoms with Crippen LogP contribution in [0, 0.1) is 13.8 Å². The van der Waals surface area contributed by atoms with Gasteiger partial charge in [-0.3, -0.25) is 14.3 Å². The number of fused-ring (bicyclic) bond motifs is 1. The summed E-state index contributed by atoms with van der Waals surface area (Å²) in [7, 11) is 0. The summed E-state index contributed by atoms with van der Waals surface area (Å²) in [4.78, 5) is 35.6. The molecule has 1 aromatic carbocycles. The van der Waals surface area contributed by atoms with Gasteiger partial charge in [0.2, 0.25) is 0 Å². The smallest absolute Gasteiger partial charge is 0.329 e. The van der Waals surface area contributed by atoms with Crippen LogP contribution in [0.5, 0.6) is 0 Å². The number of hydrogen-bond donors (Lipinski definition) is 0. The van der Waals surface area contributed by atoms with E-state index in [1.165, 1.54) is 11.3 Å². The second-order valence-electron chi connectivity index (χ2n) is 7.65. The minimum atomic E-state index is -0.710. The molecule has 0 spiro atoms. The summed E-state index contributed by atoms with van der Waals surface area (Å²) in [5.74, 6) is 0.214. The van der Waals surface area contributed by atoms with Gasteiger partial charge in [-0.15, -0.1) is 11.3 Å². The maximum Gasteiger partial charge on any atom is 0.329 e. The van der Waals surface area contributed by atoms with Gasteiger partial charge in [0.05, 0.1) is 11.9 Å². The van der Waals surface area contributed by atoms with Gasteiger partial charge in [-0.1, -0.05) is 51.1 Å². The lowest BCUT2D eigenvalue weighted by atomic mass is 10.1. The van der Waals surface area contributed by atoms with Crippen molar-refractivity contribution >= 4 is 27.5 Å². The summed E-state index contributed by atoms with van der Waals surface area (Å²) in [6, 6.07) is 8.86. The van der Waals surface area contributed by atoms with E-state index in [1.54, 1.807) is 4.57 Å². The molecule has 0 amide bonds. The number of ether oxygens (including phenoxy) is 1. The lowest BCUT2D eigenvalue weighted by molar-refractivity contribution is -0.149. The van der Waals surface area contributed by atoms with E-state index >= 15 is 0 Å². The second kappa shape index (κ2) is 10.2. The average Bonchev–Trinajstić information content (AvgIpc) is 3.07. The van der Waals surface area contributed by atoms with Gasteiger partial charge in [0.1, 0.15) is 23.3 Å². The van der Waals surface area contributed by atoms with Crippen LogP contribution < -0.4 is 5.56 Å². The predicted octanol–water partition coefficient (Wildman–Crippen LogP) is 4.61. The van der Waals surface area contributed by atoms with E-state index in [-0.39, 0.29) is 12.2 Å². The lowest BCUT2D eigenvalue weighted by Gasteiger charge is -2.24. The molecule has 3 aromatic rings. The molecule has 0 aliphatic heterocycles. The summed E-state index contributed by atoms with van der Waals surface area (Å²) < 4.78 is 7.19. The lowest BCUT2D eigenvalue weighted by Crippen LogP contribution is -2.36. The first kappa shape index (κ1) is 23.2. The highest BCUT2D eigenvalue weighted by molar-refractivity contribution is 7.18. The molecule has 0 saturated heterocycles. The molecule has 31 heavy (non-hydrogen) atoms. The molecule has 2 heterocycles. The number of esters is 1. The third kappa shape index (κ3) is 4.88. The van der Waals surface area contributed by atoms with E-state index in [0.29, 0.717) is 24.2 Å². The molecule has 2 aromatic heterocycles. The summed E-state index contributed by atoms with van der Waals surface area (Å²) in [6.07, 6.45) is 0.453. The molecule has 0 aliphatic rings. The number of thiophene rings is 1. The van der Waals surface area contributed by atoms with E-state index in [2.05, 4.69) is 18.7 Å². The zero-order chi connectivity index (χ0) is 22.5. The third-order valence-electron chi connectivity index (χ3n) is 5.76. The van der Waals surface area contributed by atoms with Gasteiger partial charge < -0.3 is 4.74 Å². The Kier molecular flexibility index (Phi) is 7.62. The van der Waals surface area contributed by atoms with Crippen LogP contribution in [0.15, 0.2) is 35.1 Å². The second-order valence-corrected chi connectivity index (χ2v) is 8.85. The molecule has 166 valence electrons. The Bertz CT molecular complexity index is 1100. The number of aryl methyl sites for hydroxylation is 2. The largest absolute Gasteiger partial charge is 0.459 e. The summed E-state index contributed by atoms with van der Waals surface area (Å²) >= 11 is 1.53. The Morgan fingerprint density at radius 3 is 2.45 bits per heavy atom. The van der Waals surface area contributed by atoms with Crippen LogP contribution in [0.2, 0.25) is 0 Å². The van der Waals surface area contributed by atoms with Gasteiger partial charge in [0.25, 0.3) is 5.56 Å². The van der Waals surface area contributed by atoms with E-state index in [0.717, 1.165) is 33.9 Å². The standard InChI is InChI=1S/C24H31N3O3S/c1-6-19(24(29)30-15-18-12-10-9-11-13-18)27-20(14-26(7-2)8-3)25-22-21(23(27)28)16(4)17(5)31-22/h9-13,19H,6-8,14-15H2,1-5H3. The molecule has 0 aliphatic carbocycles. The molecule has 3 rings (SSSR count). The SMILES string of the molecule is CCC(C(=O)OCc1ccccc1)n1c(CN(CC)CC)nc2sc(C)c(C)c2c1=O. The number of hydrogen-bond acceptors (Lipinski definition) is 6. The Hall–Kier alpha value is -2.51. The van der Waals surface area contributed by atoms with Crippen molar-refractivity contribution in [1.82, 2.24) is 14.5 Å². The number of aromatic nitrogens is 2. The maximum atomic E-state index is 13.6. The monoisotopic (exact) mass is 441 g/mol. The van der Waals surface area contributed by atoms with Crippen LogP contribution >= 0.6 is 11.3 Å². The number of rotatable bonds is 9. The molecule has 1 unspecified atom stereocenters. The van der Waals surface area contributed by atoms with Crippen LogP contribution in [0.3, 0.4) is 0 Å². The first-order valence-electron chi connectivity index (χ1n) is 10.8. The average molecular weight is 442 g/mol. The molecule has 6 nitrogen and oxygen atoms in total. The van der Waals surface area contributed by atoms with Gasteiger partial charge in [-0.05, 0) is 44.5 Å². The first-order valence-corrected chi connectivity index (χ1v) is 11.7. The van der Waals surface area contributed by atoms with E-state index < -0.39 is 12.0 Å². The normalized spacial score (nSPS) is 12.5. The molecular weight excluding hydrogens is 410 g/mol. The molecule has 1 atom stereocenters. The molecule has 0 bridgehead atoms. The molecule has 0 radical (unpaired) electrons. The third-order valence-corrected chi connectivity index (χ3v) is 6.86. The maximum absolute atomic E-state index is 13.6.